The summed E-state index contributed by atoms with van der Waals surface area (Å²) in [6, 6.07) is 7.67. The van der Waals surface area contributed by atoms with Gasteiger partial charge < -0.3 is 14.7 Å². The van der Waals surface area contributed by atoms with E-state index in [0.29, 0.717) is 31.3 Å². The van der Waals surface area contributed by atoms with Crippen molar-refractivity contribution in [3.05, 3.63) is 29.8 Å². The summed E-state index contributed by atoms with van der Waals surface area (Å²) in [5.74, 6) is 0.0757. The third kappa shape index (κ3) is 4.55. The van der Waals surface area contributed by atoms with Gasteiger partial charge in [-0.25, -0.2) is 0 Å². The molecule has 1 N–H and O–H groups in total. The molecule has 26 heavy (non-hydrogen) atoms. The number of benzene rings is 1. The van der Waals surface area contributed by atoms with E-state index in [-0.39, 0.29) is 18.5 Å². The van der Waals surface area contributed by atoms with Crippen molar-refractivity contribution in [2.75, 3.05) is 26.2 Å². The van der Waals surface area contributed by atoms with E-state index in [2.05, 4.69) is 0 Å². The summed E-state index contributed by atoms with van der Waals surface area (Å²) < 4.78 is 5.84. The van der Waals surface area contributed by atoms with Gasteiger partial charge in [-0.3, -0.25) is 14.5 Å². The Morgan fingerprint density at radius 1 is 1.15 bits per heavy atom. The van der Waals surface area contributed by atoms with Crippen molar-refractivity contribution in [3.8, 4) is 5.75 Å². The van der Waals surface area contributed by atoms with Crippen LogP contribution < -0.4 is 4.74 Å². The van der Waals surface area contributed by atoms with E-state index in [9.17, 15) is 9.59 Å². The van der Waals surface area contributed by atoms with E-state index in [1.165, 1.54) is 6.42 Å². The number of piperidine rings is 1. The zero-order valence-corrected chi connectivity index (χ0v) is 15.4. The second-order valence-electron chi connectivity index (χ2n) is 7.18. The van der Waals surface area contributed by atoms with Crippen molar-refractivity contribution < 1.29 is 19.4 Å². The van der Waals surface area contributed by atoms with Crippen LogP contribution in [0, 0.1) is 0 Å². The van der Waals surface area contributed by atoms with Crippen LogP contribution in [0.3, 0.4) is 0 Å². The van der Waals surface area contributed by atoms with Crippen LogP contribution in [0.5, 0.6) is 5.75 Å². The molecule has 142 valence electrons. The highest BCUT2D eigenvalue weighted by atomic mass is 16.5. The molecule has 1 heterocycles. The van der Waals surface area contributed by atoms with Gasteiger partial charge in [0.05, 0.1) is 12.6 Å². The molecule has 1 aliphatic carbocycles. The van der Waals surface area contributed by atoms with Crippen LogP contribution in [0.4, 0.5) is 0 Å². The minimum absolute atomic E-state index is 0.0416. The number of nitrogens with zero attached hydrogens (tertiary/aromatic N) is 2. The Labute approximate surface area is 154 Å². The standard InChI is InChI=1S/C20H28N2O4/c1-2-21(14-19(23)24)16-10-12-22(13-11-16)20(25)15-6-8-18(9-7-15)26-17-4-3-5-17/h6-9,16-17H,2-5,10-14H2,1H3,(H,23,24). The van der Waals surface area contributed by atoms with Gasteiger partial charge in [0.25, 0.3) is 5.91 Å². The predicted octanol–water partition coefficient (Wildman–Crippen LogP) is 2.63. The zero-order valence-electron chi connectivity index (χ0n) is 15.4. The SMILES string of the molecule is CCN(CC(=O)O)C1CCN(C(=O)c2ccc(OC3CCC3)cc2)CC1. The molecule has 0 radical (unpaired) electrons. The van der Waals surface area contributed by atoms with E-state index in [1.807, 2.05) is 41.0 Å². The van der Waals surface area contributed by atoms with Gasteiger partial charge in [0, 0.05) is 24.7 Å². The van der Waals surface area contributed by atoms with Crippen molar-refractivity contribution in [1.29, 1.82) is 0 Å². The number of ether oxygens (including phenoxy) is 1. The van der Waals surface area contributed by atoms with Crippen molar-refractivity contribution in [3.63, 3.8) is 0 Å². The fourth-order valence-electron chi connectivity index (χ4n) is 3.65. The van der Waals surface area contributed by atoms with Gasteiger partial charge in [-0.2, -0.15) is 0 Å². The number of hydrogen-bond acceptors (Lipinski definition) is 4. The Hall–Kier alpha value is -2.08. The Bertz CT molecular complexity index is 619. The zero-order chi connectivity index (χ0) is 18.5. The number of carbonyl (C=O) groups excluding carboxylic acids is 1. The fraction of sp³-hybridized carbons (Fsp3) is 0.600. The van der Waals surface area contributed by atoms with Gasteiger partial charge in [-0.15, -0.1) is 0 Å². The number of aliphatic carboxylic acids is 1. The molecule has 6 nitrogen and oxygen atoms in total. The van der Waals surface area contributed by atoms with Gasteiger partial charge >= 0.3 is 5.97 Å². The molecule has 0 unspecified atom stereocenters. The topological polar surface area (TPSA) is 70.1 Å². The number of rotatable bonds is 7. The Kier molecular flexibility index (Phi) is 6.14. The summed E-state index contributed by atoms with van der Waals surface area (Å²) >= 11 is 0. The van der Waals surface area contributed by atoms with Crippen LogP contribution in [0.25, 0.3) is 0 Å². The highest BCUT2D eigenvalue weighted by molar-refractivity contribution is 5.94. The molecule has 0 spiro atoms. The summed E-state index contributed by atoms with van der Waals surface area (Å²) in [6.45, 7) is 4.10. The van der Waals surface area contributed by atoms with E-state index in [1.54, 1.807) is 0 Å². The van der Waals surface area contributed by atoms with E-state index in [0.717, 1.165) is 31.4 Å². The largest absolute Gasteiger partial charge is 0.490 e. The summed E-state index contributed by atoms with van der Waals surface area (Å²) in [7, 11) is 0. The Morgan fingerprint density at radius 2 is 1.81 bits per heavy atom. The summed E-state index contributed by atoms with van der Waals surface area (Å²) in [4.78, 5) is 27.5. The molecule has 6 heteroatoms. The second kappa shape index (κ2) is 8.54. The lowest BCUT2D eigenvalue weighted by Gasteiger charge is -2.37. The molecule has 1 amide bonds. The summed E-state index contributed by atoms with van der Waals surface area (Å²) in [5, 5.41) is 9.01. The normalized spacial score (nSPS) is 18.6. The highest BCUT2D eigenvalue weighted by Crippen LogP contribution is 2.25. The molecule has 1 saturated carbocycles. The predicted molar refractivity (Wildman–Crippen MR) is 98.5 cm³/mol. The van der Waals surface area contributed by atoms with Crippen molar-refractivity contribution in [2.24, 2.45) is 0 Å². The van der Waals surface area contributed by atoms with Crippen LogP contribution in [0.2, 0.25) is 0 Å². The number of likely N-dealkylation sites (N-methyl/N-ethyl adjacent to an activating group) is 1. The number of carboxylic acids is 1. The lowest BCUT2D eigenvalue weighted by molar-refractivity contribution is -0.139. The van der Waals surface area contributed by atoms with Gasteiger partial charge in [-0.05, 0) is 62.9 Å². The maximum absolute atomic E-state index is 12.7. The van der Waals surface area contributed by atoms with Crippen LogP contribution in [-0.2, 0) is 4.79 Å². The van der Waals surface area contributed by atoms with E-state index >= 15 is 0 Å². The molecule has 0 aromatic heterocycles. The fourth-order valence-corrected chi connectivity index (χ4v) is 3.65. The molecule has 1 aromatic rings. The van der Waals surface area contributed by atoms with Gasteiger partial charge in [0.2, 0.25) is 0 Å². The molecule has 1 aliphatic heterocycles. The third-order valence-electron chi connectivity index (χ3n) is 5.47. The quantitative estimate of drug-likeness (QED) is 0.809. The van der Waals surface area contributed by atoms with Crippen LogP contribution in [0.1, 0.15) is 49.4 Å². The average molecular weight is 360 g/mol. The van der Waals surface area contributed by atoms with Gasteiger partial charge in [0.15, 0.2) is 0 Å². The van der Waals surface area contributed by atoms with Gasteiger partial charge in [-0.1, -0.05) is 6.92 Å². The number of carbonyl (C=O) groups is 2. The Morgan fingerprint density at radius 3 is 2.31 bits per heavy atom. The monoisotopic (exact) mass is 360 g/mol. The van der Waals surface area contributed by atoms with Crippen LogP contribution in [0.15, 0.2) is 24.3 Å². The van der Waals surface area contributed by atoms with Gasteiger partial charge in [0.1, 0.15) is 5.75 Å². The number of hydrogen-bond donors (Lipinski definition) is 1. The first-order valence-electron chi connectivity index (χ1n) is 9.58. The molecule has 2 fully saturated rings. The minimum atomic E-state index is -0.797. The molecule has 3 rings (SSSR count). The number of likely N-dealkylation sites (tertiary alicyclic amines) is 1. The Balaban J connectivity index is 1.52. The lowest BCUT2D eigenvalue weighted by Crippen LogP contribution is -2.48. The molecule has 2 aliphatic rings. The minimum Gasteiger partial charge on any atom is -0.490 e. The number of carboxylic acid groups (broad SMARTS) is 1. The average Bonchev–Trinajstić information content (AvgIpc) is 2.63. The number of amides is 1. The first-order valence-corrected chi connectivity index (χ1v) is 9.58. The third-order valence-corrected chi connectivity index (χ3v) is 5.47. The first-order chi connectivity index (χ1) is 12.6. The molecule has 0 bridgehead atoms. The van der Waals surface area contributed by atoms with Crippen LogP contribution >= 0.6 is 0 Å². The highest BCUT2D eigenvalue weighted by Gasteiger charge is 2.27. The van der Waals surface area contributed by atoms with Crippen molar-refractivity contribution in [1.82, 2.24) is 9.80 Å². The van der Waals surface area contributed by atoms with Crippen molar-refractivity contribution >= 4 is 11.9 Å². The molecule has 0 atom stereocenters. The summed E-state index contributed by atoms with van der Waals surface area (Å²) in [5.41, 5.74) is 0.683. The molecule has 1 aromatic carbocycles. The van der Waals surface area contributed by atoms with E-state index in [4.69, 9.17) is 9.84 Å². The molecular weight excluding hydrogens is 332 g/mol. The maximum atomic E-state index is 12.7. The summed E-state index contributed by atoms with van der Waals surface area (Å²) in [6.07, 6.45) is 5.44. The maximum Gasteiger partial charge on any atom is 0.317 e. The molecular formula is C20H28N2O4. The van der Waals surface area contributed by atoms with Crippen LogP contribution in [-0.4, -0.2) is 65.1 Å². The van der Waals surface area contributed by atoms with E-state index < -0.39 is 5.97 Å². The lowest BCUT2D eigenvalue weighted by atomic mass is 9.96. The first kappa shape index (κ1) is 18.7. The molecule has 1 saturated heterocycles. The second-order valence-corrected chi connectivity index (χ2v) is 7.18. The van der Waals surface area contributed by atoms with Crippen molar-refractivity contribution in [2.45, 2.75) is 51.2 Å². The smallest absolute Gasteiger partial charge is 0.317 e.